The van der Waals surface area contributed by atoms with Crippen molar-refractivity contribution in [1.29, 1.82) is 0 Å². The summed E-state index contributed by atoms with van der Waals surface area (Å²) in [6.45, 7) is 0.189. The van der Waals surface area contributed by atoms with Crippen molar-refractivity contribution >= 4 is 11.9 Å². The van der Waals surface area contributed by atoms with E-state index < -0.39 is 18.1 Å². The second-order valence-corrected chi connectivity index (χ2v) is 6.21. The van der Waals surface area contributed by atoms with Crippen LogP contribution in [0.5, 0.6) is 0 Å². The first kappa shape index (κ1) is 18.1. The molecular formula is C20H20FNO4. The van der Waals surface area contributed by atoms with Crippen molar-refractivity contribution in [3.63, 3.8) is 0 Å². The molecule has 0 aliphatic carbocycles. The molecule has 5 nitrogen and oxygen atoms in total. The number of benzene rings is 2. The van der Waals surface area contributed by atoms with E-state index in [9.17, 15) is 19.1 Å². The normalized spacial score (nSPS) is 17.8. The molecule has 1 fully saturated rings. The van der Waals surface area contributed by atoms with Gasteiger partial charge in [0.2, 0.25) is 0 Å². The molecule has 0 bridgehead atoms. The van der Waals surface area contributed by atoms with Gasteiger partial charge in [0, 0.05) is 12.0 Å². The Morgan fingerprint density at radius 1 is 1.19 bits per heavy atom. The predicted octanol–water partition coefficient (Wildman–Crippen LogP) is 3.69. The van der Waals surface area contributed by atoms with Gasteiger partial charge in [-0.15, -0.1) is 0 Å². The Balaban J connectivity index is 1.56. The van der Waals surface area contributed by atoms with Crippen molar-refractivity contribution in [3.05, 3.63) is 71.5 Å². The first-order valence-electron chi connectivity index (χ1n) is 8.53. The van der Waals surface area contributed by atoms with Crippen molar-refractivity contribution < 1.29 is 23.8 Å². The van der Waals surface area contributed by atoms with Gasteiger partial charge in [0.1, 0.15) is 18.7 Å². The zero-order valence-corrected chi connectivity index (χ0v) is 14.2. The van der Waals surface area contributed by atoms with E-state index in [1.54, 1.807) is 0 Å². The third kappa shape index (κ3) is 4.08. The highest BCUT2D eigenvalue weighted by atomic mass is 19.1. The average molecular weight is 357 g/mol. The number of nitrogens with zero attached hydrogens (tertiary/aromatic N) is 1. The number of carbonyl (C=O) groups excluding carboxylic acids is 2. The van der Waals surface area contributed by atoms with Gasteiger partial charge < -0.3 is 9.84 Å². The van der Waals surface area contributed by atoms with Crippen LogP contribution in [0, 0.1) is 5.82 Å². The van der Waals surface area contributed by atoms with Crippen LogP contribution in [-0.4, -0.2) is 34.7 Å². The number of carbonyl (C=O) groups is 2. The zero-order chi connectivity index (χ0) is 18.5. The molecule has 0 unspecified atom stereocenters. The van der Waals surface area contributed by atoms with E-state index in [4.69, 9.17) is 4.74 Å². The van der Waals surface area contributed by atoms with Gasteiger partial charge in [0.05, 0.1) is 6.04 Å². The highest BCUT2D eigenvalue weighted by Crippen LogP contribution is 2.30. The summed E-state index contributed by atoms with van der Waals surface area (Å²) in [5.41, 5.74) is 1.32. The number of ether oxygens (including phenoxy) is 1. The fourth-order valence-electron chi connectivity index (χ4n) is 3.06. The molecule has 0 radical (unpaired) electrons. The molecule has 0 saturated carbocycles. The highest BCUT2D eigenvalue weighted by Gasteiger charge is 2.38. The summed E-state index contributed by atoms with van der Waals surface area (Å²) < 4.78 is 18.0. The maximum absolute atomic E-state index is 12.9. The van der Waals surface area contributed by atoms with Crippen LogP contribution < -0.4 is 0 Å². The molecule has 26 heavy (non-hydrogen) atoms. The Bertz CT molecular complexity index is 763. The third-order valence-corrected chi connectivity index (χ3v) is 4.45. The second-order valence-electron chi connectivity index (χ2n) is 6.21. The number of cyclic esters (lactones) is 1. The summed E-state index contributed by atoms with van der Waals surface area (Å²) in [6, 6.07) is 14.4. The molecule has 1 saturated heterocycles. The van der Waals surface area contributed by atoms with Crippen LogP contribution >= 0.6 is 0 Å². The number of halogens is 1. The van der Waals surface area contributed by atoms with Crippen LogP contribution in [0.25, 0.3) is 0 Å². The number of hydrogen-bond acceptors (Lipinski definition) is 4. The molecule has 6 heteroatoms. The minimum absolute atomic E-state index is 0.124. The SMILES string of the molecule is O=C(CCC[C@H](O)N1C(=O)OC[C@@H]1c1ccccc1)c1ccc(F)cc1. The first-order valence-corrected chi connectivity index (χ1v) is 8.53. The van der Waals surface area contributed by atoms with Crippen LogP contribution in [0.3, 0.4) is 0 Å². The molecule has 2 atom stereocenters. The number of aliphatic hydroxyl groups is 1. The lowest BCUT2D eigenvalue weighted by Gasteiger charge is -2.27. The molecule has 1 aliphatic heterocycles. The average Bonchev–Trinajstić information content (AvgIpc) is 3.04. The number of aliphatic hydroxyl groups excluding tert-OH is 1. The molecule has 1 heterocycles. The quantitative estimate of drug-likeness (QED) is 0.768. The van der Waals surface area contributed by atoms with Gasteiger partial charge in [-0.2, -0.15) is 0 Å². The van der Waals surface area contributed by atoms with Crippen LogP contribution in [0.2, 0.25) is 0 Å². The van der Waals surface area contributed by atoms with Crippen molar-refractivity contribution in [3.8, 4) is 0 Å². The van der Waals surface area contributed by atoms with Crippen molar-refractivity contribution in [2.45, 2.75) is 31.5 Å². The van der Waals surface area contributed by atoms with Crippen molar-refractivity contribution in [1.82, 2.24) is 4.90 Å². The summed E-state index contributed by atoms with van der Waals surface area (Å²) in [6.07, 6.45) is -0.720. The number of amides is 1. The largest absolute Gasteiger partial charge is 0.447 e. The van der Waals surface area contributed by atoms with Gasteiger partial charge in [0.15, 0.2) is 5.78 Å². The smallest absolute Gasteiger partial charge is 0.412 e. The maximum Gasteiger partial charge on any atom is 0.412 e. The lowest BCUT2D eigenvalue weighted by atomic mass is 10.0. The van der Waals surface area contributed by atoms with Gasteiger partial charge in [-0.1, -0.05) is 30.3 Å². The van der Waals surface area contributed by atoms with Gasteiger partial charge >= 0.3 is 6.09 Å². The lowest BCUT2D eigenvalue weighted by Crippen LogP contribution is -2.38. The number of Topliss-reactive ketones (excluding diaryl/α,β-unsaturated/α-hetero) is 1. The summed E-state index contributed by atoms with van der Waals surface area (Å²) in [5, 5.41) is 10.4. The summed E-state index contributed by atoms with van der Waals surface area (Å²) >= 11 is 0. The molecule has 1 amide bonds. The second kappa shape index (κ2) is 8.10. The Kier molecular flexibility index (Phi) is 5.63. The third-order valence-electron chi connectivity index (χ3n) is 4.45. The standard InChI is InChI=1S/C20H20FNO4/c21-16-11-9-15(10-12-16)18(23)7-4-8-19(24)22-17(13-26-20(22)25)14-5-2-1-3-6-14/h1-3,5-6,9-12,17,19,24H,4,7-8,13H2/t17-,19+/m1/s1. The molecule has 1 N–H and O–H groups in total. The van der Waals surface area contributed by atoms with Gasteiger partial charge in [-0.3, -0.25) is 9.69 Å². The highest BCUT2D eigenvalue weighted by molar-refractivity contribution is 5.95. The number of hydrogen-bond donors (Lipinski definition) is 1. The topological polar surface area (TPSA) is 66.8 Å². The molecule has 0 spiro atoms. The molecule has 2 aromatic rings. The number of rotatable bonds is 7. The minimum atomic E-state index is -1.03. The molecule has 3 rings (SSSR count). The molecule has 136 valence electrons. The molecule has 2 aromatic carbocycles. The monoisotopic (exact) mass is 357 g/mol. The van der Waals surface area contributed by atoms with Gasteiger partial charge in [0.25, 0.3) is 0 Å². The minimum Gasteiger partial charge on any atom is -0.447 e. The van der Waals surface area contributed by atoms with E-state index in [0.717, 1.165) is 5.56 Å². The van der Waals surface area contributed by atoms with E-state index >= 15 is 0 Å². The van der Waals surface area contributed by atoms with Crippen LogP contribution in [0.15, 0.2) is 54.6 Å². The van der Waals surface area contributed by atoms with Crippen molar-refractivity contribution in [2.24, 2.45) is 0 Å². The predicted molar refractivity (Wildman–Crippen MR) is 93.0 cm³/mol. The fourth-order valence-corrected chi connectivity index (χ4v) is 3.06. The van der Waals surface area contributed by atoms with E-state index in [0.29, 0.717) is 12.0 Å². The maximum atomic E-state index is 12.9. The van der Waals surface area contributed by atoms with E-state index in [1.165, 1.54) is 29.2 Å². The van der Waals surface area contributed by atoms with E-state index in [1.807, 2.05) is 30.3 Å². The Morgan fingerprint density at radius 3 is 2.58 bits per heavy atom. The van der Waals surface area contributed by atoms with Crippen LogP contribution in [0.4, 0.5) is 9.18 Å². The van der Waals surface area contributed by atoms with E-state index in [2.05, 4.69) is 0 Å². The molecule has 0 aromatic heterocycles. The van der Waals surface area contributed by atoms with Gasteiger partial charge in [-0.25, -0.2) is 9.18 Å². The summed E-state index contributed by atoms with van der Waals surface area (Å²) in [7, 11) is 0. The molecular weight excluding hydrogens is 337 g/mol. The van der Waals surface area contributed by atoms with Crippen molar-refractivity contribution in [2.75, 3.05) is 6.61 Å². The Morgan fingerprint density at radius 2 is 1.88 bits per heavy atom. The number of ketones is 1. The van der Waals surface area contributed by atoms with Gasteiger partial charge in [-0.05, 0) is 42.7 Å². The van der Waals surface area contributed by atoms with Crippen LogP contribution in [0.1, 0.15) is 41.2 Å². The van der Waals surface area contributed by atoms with Crippen LogP contribution in [-0.2, 0) is 4.74 Å². The van der Waals surface area contributed by atoms with E-state index in [-0.39, 0.29) is 31.3 Å². The molecule has 1 aliphatic rings. The first-order chi connectivity index (χ1) is 12.6. The fraction of sp³-hybridized carbons (Fsp3) is 0.300. The zero-order valence-electron chi connectivity index (χ0n) is 14.2. The summed E-state index contributed by atoms with van der Waals surface area (Å²) in [5.74, 6) is -0.516. The Hall–Kier alpha value is -2.73. The Labute approximate surface area is 151 Å². The lowest BCUT2D eigenvalue weighted by molar-refractivity contribution is 0.0115. The summed E-state index contributed by atoms with van der Waals surface area (Å²) in [4.78, 5) is 25.4.